The first-order valence-electron chi connectivity index (χ1n) is 6.51. The van der Waals surface area contributed by atoms with Gasteiger partial charge in [-0.1, -0.05) is 40.9 Å². The third kappa shape index (κ3) is 3.90. The summed E-state index contributed by atoms with van der Waals surface area (Å²) in [6, 6.07) is 10.6. The van der Waals surface area contributed by atoms with Gasteiger partial charge in [-0.3, -0.25) is 4.79 Å². The van der Waals surface area contributed by atoms with E-state index in [1.54, 1.807) is 12.1 Å². The molecule has 0 aromatic heterocycles. The summed E-state index contributed by atoms with van der Waals surface area (Å²) in [5.41, 5.74) is 2.22. The fourth-order valence-corrected chi connectivity index (χ4v) is 2.41. The maximum Gasteiger partial charge on any atom is 0.255 e. The van der Waals surface area contributed by atoms with E-state index in [1.807, 2.05) is 38.1 Å². The highest BCUT2D eigenvalue weighted by atomic mass is 35.5. The Labute approximate surface area is 133 Å². The third-order valence-electron chi connectivity index (χ3n) is 2.86. The molecule has 0 radical (unpaired) electrons. The van der Waals surface area contributed by atoms with Crippen LogP contribution in [0.3, 0.4) is 0 Å². The molecule has 0 saturated carbocycles. The molecule has 0 aliphatic carbocycles. The van der Waals surface area contributed by atoms with Crippen molar-refractivity contribution in [3.05, 3.63) is 57.6 Å². The number of nitrogens with one attached hydrogen (secondary N) is 1. The van der Waals surface area contributed by atoms with Gasteiger partial charge < -0.3 is 10.1 Å². The summed E-state index contributed by atoms with van der Waals surface area (Å²) >= 11 is 12.2. The molecule has 1 N–H and O–H groups in total. The van der Waals surface area contributed by atoms with Crippen molar-refractivity contribution >= 4 is 34.8 Å². The van der Waals surface area contributed by atoms with Crippen LogP contribution in [0.4, 0.5) is 5.69 Å². The molecule has 2 rings (SSSR count). The van der Waals surface area contributed by atoms with Gasteiger partial charge in [0.05, 0.1) is 16.7 Å². The molecule has 2 aromatic rings. The van der Waals surface area contributed by atoms with Crippen LogP contribution in [0, 0.1) is 6.92 Å². The van der Waals surface area contributed by atoms with Crippen molar-refractivity contribution in [1.29, 1.82) is 0 Å². The average molecular weight is 324 g/mol. The van der Waals surface area contributed by atoms with E-state index in [0.717, 1.165) is 5.56 Å². The number of hydrogen-bond donors (Lipinski definition) is 1. The predicted octanol–water partition coefficient (Wildman–Crippen LogP) is 4.95. The van der Waals surface area contributed by atoms with Gasteiger partial charge >= 0.3 is 0 Å². The van der Waals surface area contributed by atoms with Crippen LogP contribution in [0.5, 0.6) is 5.75 Å². The molecule has 5 heteroatoms. The van der Waals surface area contributed by atoms with E-state index in [4.69, 9.17) is 27.9 Å². The van der Waals surface area contributed by atoms with Gasteiger partial charge in [0.15, 0.2) is 5.75 Å². The summed E-state index contributed by atoms with van der Waals surface area (Å²) in [6.45, 7) is 4.27. The lowest BCUT2D eigenvalue weighted by Gasteiger charge is -2.11. The average Bonchev–Trinajstić information content (AvgIpc) is 2.45. The van der Waals surface area contributed by atoms with Crippen molar-refractivity contribution in [2.24, 2.45) is 0 Å². The highest BCUT2D eigenvalue weighted by Crippen LogP contribution is 2.34. The summed E-state index contributed by atoms with van der Waals surface area (Å²) in [6.07, 6.45) is 0. The van der Waals surface area contributed by atoms with Crippen LogP contribution < -0.4 is 10.1 Å². The van der Waals surface area contributed by atoms with Crippen LogP contribution >= 0.6 is 23.2 Å². The Morgan fingerprint density at radius 2 is 1.71 bits per heavy atom. The molecule has 0 saturated heterocycles. The van der Waals surface area contributed by atoms with E-state index < -0.39 is 0 Å². The number of aryl methyl sites for hydroxylation is 1. The van der Waals surface area contributed by atoms with Gasteiger partial charge in [0, 0.05) is 11.3 Å². The maximum atomic E-state index is 12.2. The Kier molecular flexibility index (Phi) is 5.10. The molecule has 0 bridgehead atoms. The van der Waals surface area contributed by atoms with Gasteiger partial charge in [-0.15, -0.1) is 0 Å². The second-order valence-corrected chi connectivity index (χ2v) is 5.34. The summed E-state index contributed by atoms with van der Waals surface area (Å²) in [4.78, 5) is 12.2. The van der Waals surface area contributed by atoms with Crippen LogP contribution in [-0.4, -0.2) is 12.5 Å². The van der Waals surface area contributed by atoms with E-state index in [0.29, 0.717) is 33.7 Å². The molecule has 3 nitrogen and oxygen atoms in total. The molecule has 0 fully saturated rings. The van der Waals surface area contributed by atoms with Crippen molar-refractivity contribution in [2.75, 3.05) is 11.9 Å². The van der Waals surface area contributed by atoms with Gasteiger partial charge in [-0.25, -0.2) is 0 Å². The molecule has 2 aromatic carbocycles. The second-order valence-electron chi connectivity index (χ2n) is 4.52. The first-order chi connectivity index (χ1) is 10.0. The van der Waals surface area contributed by atoms with Crippen LogP contribution in [0.15, 0.2) is 36.4 Å². The zero-order valence-corrected chi connectivity index (χ0v) is 13.3. The Balaban J connectivity index is 2.21. The minimum atomic E-state index is -0.272. The number of rotatable bonds is 4. The van der Waals surface area contributed by atoms with Crippen LogP contribution in [0.1, 0.15) is 22.8 Å². The molecule has 21 heavy (non-hydrogen) atoms. The lowest BCUT2D eigenvalue weighted by Crippen LogP contribution is -2.12. The number of ether oxygens (including phenoxy) is 1. The molecule has 1 amide bonds. The van der Waals surface area contributed by atoms with Crippen molar-refractivity contribution in [3.63, 3.8) is 0 Å². The van der Waals surface area contributed by atoms with Crippen molar-refractivity contribution in [1.82, 2.24) is 0 Å². The second kappa shape index (κ2) is 6.83. The van der Waals surface area contributed by atoms with Gasteiger partial charge in [0.1, 0.15) is 0 Å². The highest BCUT2D eigenvalue weighted by molar-refractivity contribution is 6.37. The fraction of sp³-hybridized carbons (Fsp3) is 0.188. The third-order valence-corrected chi connectivity index (χ3v) is 3.42. The van der Waals surface area contributed by atoms with Crippen LogP contribution in [0.2, 0.25) is 10.0 Å². The Morgan fingerprint density at radius 3 is 2.24 bits per heavy atom. The highest BCUT2D eigenvalue weighted by Gasteiger charge is 2.14. The molecule has 0 atom stereocenters. The first-order valence-corrected chi connectivity index (χ1v) is 7.26. The normalized spacial score (nSPS) is 10.3. The van der Waals surface area contributed by atoms with Crippen molar-refractivity contribution < 1.29 is 9.53 Å². The van der Waals surface area contributed by atoms with Crippen molar-refractivity contribution in [2.45, 2.75) is 13.8 Å². The standard InChI is InChI=1S/C16H15Cl2NO2/c1-3-21-15-13(17)8-11(9-14(15)18)16(20)19-12-6-4-10(2)5-7-12/h4-9H,3H2,1-2H3,(H,19,20). The smallest absolute Gasteiger partial charge is 0.255 e. The first kappa shape index (κ1) is 15.7. The number of carbonyl (C=O) groups is 1. The monoisotopic (exact) mass is 323 g/mol. The summed E-state index contributed by atoms with van der Waals surface area (Å²) < 4.78 is 5.34. The van der Waals surface area contributed by atoms with Gasteiger partial charge in [0.2, 0.25) is 0 Å². The lowest BCUT2D eigenvalue weighted by molar-refractivity contribution is 0.102. The number of carbonyl (C=O) groups excluding carboxylic acids is 1. The minimum Gasteiger partial charge on any atom is -0.491 e. The lowest BCUT2D eigenvalue weighted by atomic mass is 10.2. The summed E-state index contributed by atoms with van der Waals surface area (Å²) in [5.74, 6) is 0.124. The molecular formula is C16H15Cl2NO2. The molecule has 0 aliphatic rings. The van der Waals surface area contributed by atoms with Gasteiger partial charge in [0.25, 0.3) is 5.91 Å². The Morgan fingerprint density at radius 1 is 1.14 bits per heavy atom. The topological polar surface area (TPSA) is 38.3 Å². The van der Waals surface area contributed by atoms with Crippen molar-refractivity contribution in [3.8, 4) is 5.75 Å². The maximum absolute atomic E-state index is 12.2. The zero-order chi connectivity index (χ0) is 15.4. The number of amides is 1. The van der Waals surface area contributed by atoms with E-state index in [9.17, 15) is 4.79 Å². The fourth-order valence-electron chi connectivity index (χ4n) is 1.81. The van der Waals surface area contributed by atoms with Gasteiger partial charge in [-0.05, 0) is 38.1 Å². The number of benzene rings is 2. The predicted molar refractivity (Wildman–Crippen MR) is 86.8 cm³/mol. The molecule has 0 spiro atoms. The van der Waals surface area contributed by atoms with E-state index in [-0.39, 0.29) is 5.91 Å². The quantitative estimate of drug-likeness (QED) is 0.864. The van der Waals surface area contributed by atoms with E-state index in [1.165, 1.54) is 0 Å². The SMILES string of the molecule is CCOc1c(Cl)cc(C(=O)Nc2ccc(C)cc2)cc1Cl. The molecule has 0 aliphatic heterocycles. The number of anilines is 1. The molecule has 110 valence electrons. The molecular weight excluding hydrogens is 309 g/mol. The Bertz CT molecular complexity index is 631. The molecule has 0 unspecified atom stereocenters. The van der Waals surface area contributed by atoms with E-state index >= 15 is 0 Å². The van der Waals surface area contributed by atoms with Gasteiger partial charge in [-0.2, -0.15) is 0 Å². The summed E-state index contributed by atoms with van der Waals surface area (Å²) in [5, 5.41) is 3.43. The minimum absolute atomic E-state index is 0.272. The number of halogens is 2. The zero-order valence-electron chi connectivity index (χ0n) is 11.7. The Hall–Kier alpha value is -1.71. The largest absolute Gasteiger partial charge is 0.491 e. The summed E-state index contributed by atoms with van der Waals surface area (Å²) in [7, 11) is 0. The molecule has 0 heterocycles. The van der Waals surface area contributed by atoms with Crippen LogP contribution in [0.25, 0.3) is 0 Å². The number of hydrogen-bond acceptors (Lipinski definition) is 2. The van der Waals surface area contributed by atoms with E-state index in [2.05, 4.69) is 5.32 Å². The van der Waals surface area contributed by atoms with Crippen LogP contribution in [-0.2, 0) is 0 Å².